The Labute approximate surface area is 128 Å². The monoisotopic (exact) mass is 314 g/mol. The molecule has 0 saturated carbocycles. The zero-order chi connectivity index (χ0) is 16.5. The molecule has 0 radical (unpaired) electrons. The van der Waals surface area contributed by atoms with Crippen molar-refractivity contribution < 1.29 is 24.9 Å². The van der Waals surface area contributed by atoms with Gasteiger partial charge in [0.25, 0.3) is 0 Å². The minimum absolute atomic E-state index is 0.0123. The van der Waals surface area contributed by atoms with E-state index in [-0.39, 0.29) is 25.4 Å². The summed E-state index contributed by atoms with van der Waals surface area (Å²) in [5.41, 5.74) is 0.178. The third-order valence-corrected chi connectivity index (χ3v) is 3.05. The van der Waals surface area contributed by atoms with Gasteiger partial charge in [0.2, 0.25) is 5.43 Å². The summed E-state index contributed by atoms with van der Waals surface area (Å²) in [6.45, 7) is 1.62. The van der Waals surface area contributed by atoms with Crippen LogP contribution in [0.4, 0.5) is 0 Å². The zero-order valence-corrected chi connectivity index (χ0v) is 12.6. The summed E-state index contributed by atoms with van der Waals surface area (Å²) in [4.78, 5) is 23.9. The number of aromatic hydroxyl groups is 1. The van der Waals surface area contributed by atoms with E-state index in [1.807, 2.05) is 0 Å². The Kier molecular flexibility index (Phi) is 7.58. The minimum atomic E-state index is -0.882. The van der Waals surface area contributed by atoms with Crippen molar-refractivity contribution in [3.8, 4) is 5.75 Å². The molecule has 8 heteroatoms. The van der Waals surface area contributed by atoms with E-state index in [4.69, 9.17) is 14.9 Å². The Morgan fingerprint density at radius 2 is 2.14 bits per heavy atom. The van der Waals surface area contributed by atoms with E-state index in [1.165, 1.54) is 12.3 Å². The quantitative estimate of drug-likeness (QED) is 0.498. The van der Waals surface area contributed by atoms with Crippen molar-refractivity contribution in [1.29, 1.82) is 0 Å². The third-order valence-electron chi connectivity index (χ3n) is 3.05. The summed E-state index contributed by atoms with van der Waals surface area (Å²) in [5.74, 6) is -1.23. The van der Waals surface area contributed by atoms with E-state index in [0.29, 0.717) is 31.9 Å². The van der Waals surface area contributed by atoms with E-state index < -0.39 is 11.4 Å². The predicted molar refractivity (Wildman–Crippen MR) is 78.9 cm³/mol. The number of aliphatic carboxylic acids is 1. The van der Waals surface area contributed by atoms with Crippen molar-refractivity contribution in [2.45, 2.75) is 19.5 Å². The van der Waals surface area contributed by atoms with Gasteiger partial charge < -0.3 is 29.5 Å². The topological polar surface area (TPSA) is 112 Å². The lowest BCUT2D eigenvalue weighted by Crippen LogP contribution is -2.25. The number of pyridine rings is 1. The highest BCUT2D eigenvalue weighted by atomic mass is 16.5. The maximum absolute atomic E-state index is 11.6. The molecule has 0 bridgehead atoms. The molecule has 0 amide bonds. The van der Waals surface area contributed by atoms with E-state index in [0.717, 1.165) is 0 Å². The fraction of sp³-hybridized carbons (Fsp3) is 0.571. The first kappa shape index (κ1) is 18.1. The van der Waals surface area contributed by atoms with Crippen molar-refractivity contribution in [2.24, 2.45) is 0 Å². The van der Waals surface area contributed by atoms with Crippen LogP contribution in [0.1, 0.15) is 12.1 Å². The normalized spacial score (nSPS) is 11.0. The number of aliphatic hydroxyl groups excluding tert-OH is 1. The van der Waals surface area contributed by atoms with Gasteiger partial charge >= 0.3 is 5.97 Å². The Bertz CT molecular complexity index is 543. The second-order valence-corrected chi connectivity index (χ2v) is 4.93. The van der Waals surface area contributed by atoms with Crippen molar-refractivity contribution in [3.63, 3.8) is 0 Å². The van der Waals surface area contributed by atoms with Crippen LogP contribution in [-0.4, -0.2) is 64.2 Å². The first-order chi connectivity index (χ1) is 10.4. The number of rotatable bonds is 10. The molecule has 0 saturated heterocycles. The van der Waals surface area contributed by atoms with E-state index in [2.05, 4.69) is 0 Å². The number of aliphatic hydroxyl groups is 1. The van der Waals surface area contributed by atoms with Crippen LogP contribution in [0.3, 0.4) is 0 Å². The molecule has 0 aliphatic rings. The lowest BCUT2D eigenvalue weighted by atomic mass is 10.3. The van der Waals surface area contributed by atoms with Crippen LogP contribution >= 0.6 is 0 Å². The Morgan fingerprint density at radius 3 is 2.77 bits per heavy atom. The maximum Gasteiger partial charge on any atom is 0.304 e. The average molecular weight is 314 g/mol. The molecule has 8 nitrogen and oxygen atoms in total. The molecule has 1 heterocycles. The van der Waals surface area contributed by atoms with Gasteiger partial charge in [-0.25, -0.2) is 0 Å². The fourth-order valence-corrected chi connectivity index (χ4v) is 1.92. The van der Waals surface area contributed by atoms with Crippen LogP contribution in [0.25, 0.3) is 0 Å². The smallest absolute Gasteiger partial charge is 0.304 e. The highest BCUT2D eigenvalue weighted by molar-refractivity contribution is 5.66. The van der Waals surface area contributed by atoms with Gasteiger partial charge in [-0.05, 0) is 7.05 Å². The Morgan fingerprint density at radius 1 is 1.41 bits per heavy atom. The van der Waals surface area contributed by atoms with Crippen LogP contribution in [-0.2, 0) is 22.6 Å². The van der Waals surface area contributed by atoms with Gasteiger partial charge in [0.05, 0.1) is 32.4 Å². The number of carboxylic acid groups (broad SMARTS) is 1. The number of carboxylic acids is 1. The van der Waals surface area contributed by atoms with Crippen LogP contribution in [0, 0.1) is 0 Å². The Balaban J connectivity index is 2.75. The zero-order valence-electron chi connectivity index (χ0n) is 12.6. The molecule has 3 N–H and O–H groups in total. The molecule has 1 aromatic rings. The van der Waals surface area contributed by atoms with E-state index in [9.17, 15) is 14.7 Å². The van der Waals surface area contributed by atoms with Gasteiger partial charge in [-0.1, -0.05) is 0 Å². The highest BCUT2D eigenvalue weighted by Gasteiger charge is 2.09. The van der Waals surface area contributed by atoms with Crippen LogP contribution in [0.2, 0.25) is 0 Å². The molecular weight excluding hydrogens is 292 g/mol. The maximum atomic E-state index is 11.6. The predicted octanol–water partition coefficient (Wildman–Crippen LogP) is -0.531. The van der Waals surface area contributed by atoms with E-state index >= 15 is 0 Å². The van der Waals surface area contributed by atoms with Gasteiger partial charge in [-0.3, -0.25) is 9.59 Å². The van der Waals surface area contributed by atoms with Crippen LogP contribution < -0.4 is 5.43 Å². The largest absolute Gasteiger partial charge is 0.503 e. The second-order valence-electron chi connectivity index (χ2n) is 4.93. The second kappa shape index (κ2) is 9.19. The molecule has 0 aromatic carbocycles. The summed E-state index contributed by atoms with van der Waals surface area (Å²) in [6, 6.07) is 1.33. The number of hydrogen-bond acceptors (Lipinski definition) is 6. The molecule has 0 atom stereocenters. The number of ether oxygens (including phenoxy) is 1. The van der Waals surface area contributed by atoms with Gasteiger partial charge in [0, 0.05) is 31.4 Å². The van der Waals surface area contributed by atoms with Crippen LogP contribution in [0.15, 0.2) is 17.1 Å². The molecule has 0 aliphatic carbocycles. The van der Waals surface area contributed by atoms with Crippen molar-refractivity contribution in [3.05, 3.63) is 28.2 Å². The third kappa shape index (κ3) is 6.25. The van der Waals surface area contributed by atoms with Crippen LogP contribution in [0.5, 0.6) is 5.75 Å². The molecule has 124 valence electrons. The van der Waals surface area contributed by atoms with Gasteiger partial charge in [0.15, 0.2) is 5.75 Å². The lowest BCUT2D eigenvalue weighted by molar-refractivity contribution is -0.137. The molecule has 22 heavy (non-hydrogen) atoms. The molecular formula is C14H22N2O6. The molecule has 0 aliphatic heterocycles. The molecule has 0 fully saturated rings. The lowest BCUT2D eigenvalue weighted by Gasteiger charge is -2.20. The standard InChI is InChI=1S/C14H22N2O6/c1-15(3-2-14(20)21)9-11-8-12(18)13(19)10-16(11)4-6-22-7-5-17/h8,10,17,19H,2-7,9H2,1H3,(H,20,21). The summed E-state index contributed by atoms with van der Waals surface area (Å²) in [6.07, 6.45) is 1.35. The minimum Gasteiger partial charge on any atom is -0.503 e. The first-order valence-corrected chi connectivity index (χ1v) is 6.95. The number of aromatic nitrogens is 1. The molecule has 0 unspecified atom stereocenters. The van der Waals surface area contributed by atoms with Crippen molar-refractivity contribution in [1.82, 2.24) is 9.47 Å². The van der Waals surface area contributed by atoms with Crippen molar-refractivity contribution >= 4 is 5.97 Å². The average Bonchev–Trinajstić information content (AvgIpc) is 2.46. The number of hydrogen-bond donors (Lipinski definition) is 3. The number of carbonyl (C=O) groups is 1. The Hall–Kier alpha value is -1.90. The summed E-state index contributed by atoms with van der Waals surface area (Å²) in [7, 11) is 1.76. The van der Waals surface area contributed by atoms with E-state index in [1.54, 1.807) is 16.5 Å². The highest BCUT2D eigenvalue weighted by Crippen LogP contribution is 2.08. The summed E-state index contributed by atoms with van der Waals surface area (Å²) in [5, 5.41) is 26.9. The summed E-state index contributed by atoms with van der Waals surface area (Å²) >= 11 is 0. The molecule has 1 rings (SSSR count). The van der Waals surface area contributed by atoms with Gasteiger partial charge in [-0.15, -0.1) is 0 Å². The SMILES string of the molecule is CN(CCC(=O)O)Cc1cc(=O)c(O)cn1CCOCCO. The molecule has 0 spiro atoms. The number of nitrogens with zero attached hydrogens (tertiary/aromatic N) is 2. The summed E-state index contributed by atoms with van der Waals surface area (Å²) < 4.78 is 6.86. The van der Waals surface area contributed by atoms with Gasteiger partial charge in [-0.2, -0.15) is 0 Å². The fourth-order valence-electron chi connectivity index (χ4n) is 1.92. The molecule has 1 aromatic heterocycles. The van der Waals surface area contributed by atoms with Gasteiger partial charge in [0.1, 0.15) is 0 Å². The first-order valence-electron chi connectivity index (χ1n) is 6.95. The van der Waals surface area contributed by atoms with Crippen molar-refractivity contribution in [2.75, 3.05) is 33.4 Å².